The van der Waals surface area contributed by atoms with Crippen molar-refractivity contribution in [1.29, 1.82) is 0 Å². The van der Waals surface area contributed by atoms with Crippen LogP contribution in [0.4, 0.5) is 4.39 Å². The molecule has 2 aromatic carbocycles. The maximum Gasteiger partial charge on any atom is 0.260 e. The van der Waals surface area contributed by atoms with E-state index in [1.165, 1.54) is 12.1 Å². The highest BCUT2D eigenvalue weighted by Gasteiger charge is 2.32. The third kappa shape index (κ3) is 5.28. The van der Waals surface area contributed by atoms with E-state index < -0.39 is 0 Å². The van der Waals surface area contributed by atoms with Gasteiger partial charge in [-0.3, -0.25) is 9.69 Å². The van der Waals surface area contributed by atoms with Gasteiger partial charge < -0.3 is 9.64 Å². The van der Waals surface area contributed by atoms with E-state index in [0.29, 0.717) is 11.6 Å². The molecule has 0 unspecified atom stereocenters. The lowest BCUT2D eigenvalue weighted by molar-refractivity contribution is -0.139. The van der Waals surface area contributed by atoms with Crippen molar-refractivity contribution in [3.05, 3.63) is 63.9 Å². The maximum atomic E-state index is 13.1. The molecule has 1 heterocycles. The first-order valence-electron chi connectivity index (χ1n) is 9.92. The highest BCUT2D eigenvalue weighted by Crippen LogP contribution is 2.27. The van der Waals surface area contributed by atoms with Crippen LogP contribution in [0.25, 0.3) is 0 Å². The van der Waals surface area contributed by atoms with E-state index >= 15 is 0 Å². The van der Waals surface area contributed by atoms with Gasteiger partial charge in [0.25, 0.3) is 5.91 Å². The van der Waals surface area contributed by atoms with Crippen molar-refractivity contribution in [2.45, 2.75) is 46.3 Å². The summed E-state index contributed by atoms with van der Waals surface area (Å²) < 4.78 is 19.0. The number of benzene rings is 2. The molecule has 1 fully saturated rings. The Labute approximate surface area is 177 Å². The largest absolute Gasteiger partial charge is 0.483 e. The molecule has 1 amide bonds. The second kappa shape index (κ2) is 9.14. The quantitative estimate of drug-likeness (QED) is 0.711. The van der Waals surface area contributed by atoms with Crippen LogP contribution in [0.15, 0.2) is 36.4 Å². The lowest BCUT2D eigenvalue weighted by atomic mass is 10.1. The fraction of sp³-hybridized carbons (Fsp3) is 0.435. The lowest BCUT2D eigenvalue weighted by Crippen LogP contribution is -2.58. The molecule has 0 saturated carbocycles. The smallest absolute Gasteiger partial charge is 0.260 e. The molecule has 29 heavy (non-hydrogen) atoms. The summed E-state index contributed by atoms with van der Waals surface area (Å²) in [7, 11) is 0. The van der Waals surface area contributed by atoms with Gasteiger partial charge in [0.2, 0.25) is 0 Å². The van der Waals surface area contributed by atoms with Crippen LogP contribution in [-0.4, -0.2) is 47.5 Å². The number of nitrogens with zero attached hydrogens (tertiary/aromatic N) is 2. The van der Waals surface area contributed by atoms with E-state index in [2.05, 4.69) is 18.7 Å². The molecule has 1 aliphatic heterocycles. The average Bonchev–Trinajstić information content (AvgIpc) is 2.65. The molecular weight excluding hydrogens is 391 g/mol. The maximum absolute atomic E-state index is 13.1. The molecule has 0 N–H and O–H groups in total. The van der Waals surface area contributed by atoms with Crippen molar-refractivity contribution >= 4 is 17.5 Å². The summed E-state index contributed by atoms with van der Waals surface area (Å²) in [5.74, 6) is 0.481. The molecule has 2 aromatic rings. The second-order valence-electron chi connectivity index (χ2n) is 7.96. The van der Waals surface area contributed by atoms with Crippen molar-refractivity contribution in [3.8, 4) is 5.75 Å². The van der Waals surface area contributed by atoms with Crippen LogP contribution in [0.3, 0.4) is 0 Å². The summed E-state index contributed by atoms with van der Waals surface area (Å²) in [6, 6.07) is 10.6. The topological polar surface area (TPSA) is 32.8 Å². The summed E-state index contributed by atoms with van der Waals surface area (Å²) in [6.07, 6.45) is 0. The first-order chi connectivity index (χ1) is 13.7. The van der Waals surface area contributed by atoms with Crippen molar-refractivity contribution in [2.24, 2.45) is 0 Å². The minimum absolute atomic E-state index is 0.0122. The Kier molecular flexibility index (Phi) is 6.81. The molecule has 0 aromatic heterocycles. The van der Waals surface area contributed by atoms with E-state index in [0.717, 1.165) is 35.5 Å². The Hall–Kier alpha value is -2.11. The predicted octanol–water partition coefficient (Wildman–Crippen LogP) is 4.60. The number of piperazine rings is 1. The van der Waals surface area contributed by atoms with Gasteiger partial charge in [0.05, 0.1) is 0 Å². The Balaban J connectivity index is 1.59. The first kappa shape index (κ1) is 21.6. The Morgan fingerprint density at radius 1 is 1.10 bits per heavy atom. The number of halogens is 2. The number of hydrogen-bond acceptors (Lipinski definition) is 3. The van der Waals surface area contributed by atoms with E-state index in [9.17, 15) is 9.18 Å². The zero-order chi connectivity index (χ0) is 21.1. The van der Waals surface area contributed by atoms with Gasteiger partial charge in [0, 0.05) is 36.7 Å². The van der Waals surface area contributed by atoms with Gasteiger partial charge >= 0.3 is 0 Å². The molecule has 1 saturated heterocycles. The van der Waals surface area contributed by atoms with Crippen LogP contribution < -0.4 is 4.74 Å². The molecule has 0 aliphatic carbocycles. The van der Waals surface area contributed by atoms with E-state index in [1.54, 1.807) is 0 Å². The zero-order valence-electron chi connectivity index (χ0n) is 17.4. The van der Waals surface area contributed by atoms with Crippen LogP contribution >= 0.6 is 11.6 Å². The molecule has 2 atom stereocenters. The Morgan fingerprint density at radius 2 is 1.72 bits per heavy atom. The number of ether oxygens (including phenoxy) is 1. The van der Waals surface area contributed by atoms with Crippen molar-refractivity contribution < 1.29 is 13.9 Å². The van der Waals surface area contributed by atoms with E-state index in [4.69, 9.17) is 16.3 Å². The SMILES string of the molecule is Cc1cc(Cl)cc(C)c1OCC(=O)N1C[C@H](C)N(Cc2ccc(F)cc2)C[C@H]1C. The summed E-state index contributed by atoms with van der Waals surface area (Å²) in [5, 5.41) is 0.665. The number of hydrogen-bond donors (Lipinski definition) is 0. The van der Waals surface area contributed by atoms with Crippen LogP contribution in [0.2, 0.25) is 5.02 Å². The third-order valence-electron chi connectivity index (χ3n) is 5.50. The molecule has 0 spiro atoms. The van der Waals surface area contributed by atoms with Crippen molar-refractivity contribution in [2.75, 3.05) is 19.7 Å². The summed E-state index contributed by atoms with van der Waals surface area (Å²) in [4.78, 5) is 17.1. The van der Waals surface area contributed by atoms with Gasteiger partial charge in [-0.05, 0) is 68.7 Å². The summed E-state index contributed by atoms with van der Waals surface area (Å²) in [5.41, 5.74) is 2.92. The van der Waals surface area contributed by atoms with E-state index in [1.807, 2.05) is 43.0 Å². The fourth-order valence-corrected chi connectivity index (χ4v) is 4.26. The van der Waals surface area contributed by atoms with Gasteiger partial charge in [-0.1, -0.05) is 23.7 Å². The highest BCUT2D eigenvalue weighted by molar-refractivity contribution is 6.30. The first-order valence-corrected chi connectivity index (χ1v) is 10.3. The third-order valence-corrected chi connectivity index (χ3v) is 5.72. The van der Waals surface area contributed by atoms with Gasteiger partial charge in [-0.25, -0.2) is 4.39 Å². The van der Waals surface area contributed by atoms with Crippen LogP contribution in [0.1, 0.15) is 30.5 Å². The minimum Gasteiger partial charge on any atom is -0.483 e. The van der Waals surface area contributed by atoms with Crippen LogP contribution in [-0.2, 0) is 11.3 Å². The normalized spacial score (nSPS) is 20.0. The number of carbonyl (C=O) groups excluding carboxylic acids is 1. The molecule has 1 aliphatic rings. The molecule has 3 rings (SSSR count). The Bertz CT molecular complexity index is 849. The number of carbonyl (C=O) groups is 1. The van der Waals surface area contributed by atoms with Gasteiger partial charge in [-0.15, -0.1) is 0 Å². The highest BCUT2D eigenvalue weighted by atomic mass is 35.5. The molecule has 156 valence electrons. The van der Waals surface area contributed by atoms with Gasteiger partial charge in [0.15, 0.2) is 6.61 Å². The van der Waals surface area contributed by atoms with Crippen molar-refractivity contribution in [1.82, 2.24) is 9.80 Å². The second-order valence-corrected chi connectivity index (χ2v) is 8.39. The lowest BCUT2D eigenvalue weighted by Gasteiger charge is -2.44. The number of rotatable bonds is 5. The molecule has 6 heteroatoms. The zero-order valence-corrected chi connectivity index (χ0v) is 18.2. The summed E-state index contributed by atoms with van der Waals surface area (Å²) >= 11 is 6.07. The van der Waals surface area contributed by atoms with Crippen LogP contribution in [0, 0.1) is 19.7 Å². The Morgan fingerprint density at radius 3 is 2.34 bits per heavy atom. The standard InChI is InChI=1S/C23H28ClFN2O2/c1-15-9-20(24)10-16(2)23(15)29-14-22(28)27-12-17(3)26(11-18(27)4)13-19-5-7-21(25)8-6-19/h5-10,17-18H,11-14H2,1-4H3/t17-,18+/m0/s1. The van der Waals surface area contributed by atoms with Crippen molar-refractivity contribution in [3.63, 3.8) is 0 Å². The summed E-state index contributed by atoms with van der Waals surface area (Å²) in [6.45, 7) is 10.2. The minimum atomic E-state index is -0.225. The molecular formula is C23H28ClFN2O2. The average molecular weight is 419 g/mol. The number of amides is 1. The monoisotopic (exact) mass is 418 g/mol. The molecule has 0 radical (unpaired) electrons. The molecule has 4 nitrogen and oxygen atoms in total. The van der Waals surface area contributed by atoms with Gasteiger partial charge in [0.1, 0.15) is 11.6 Å². The van der Waals surface area contributed by atoms with E-state index in [-0.39, 0.29) is 30.4 Å². The number of aryl methyl sites for hydroxylation is 2. The fourth-order valence-electron chi connectivity index (χ4n) is 3.93. The van der Waals surface area contributed by atoms with Crippen LogP contribution in [0.5, 0.6) is 5.75 Å². The molecule has 0 bridgehead atoms. The van der Waals surface area contributed by atoms with Gasteiger partial charge in [-0.2, -0.15) is 0 Å². The predicted molar refractivity (Wildman–Crippen MR) is 114 cm³/mol.